The Morgan fingerprint density at radius 3 is 2.90 bits per heavy atom. The highest BCUT2D eigenvalue weighted by Crippen LogP contribution is 1.99. The van der Waals surface area contributed by atoms with E-state index < -0.39 is 5.95 Å². The van der Waals surface area contributed by atoms with Gasteiger partial charge < -0.3 is 0 Å². The first-order chi connectivity index (χ1) is 4.83. The summed E-state index contributed by atoms with van der Waals surface area (Å²) in [6.07, 6.45) is 4.01. The van der Waals surface area contributed by atoms with E-state index in [1.165, 1.54) is 12.3 Å². The minimum absolute atomic E-state index is 0.437. The second-order valence-electron chi connectivity index (χ2n) is 1.98. The molecule has 1 nitrogen and oxygen atoms in total. The van der Waals surface area contributed by atoms with E-state index in [2.05, 4.69) is 11.6 Å². The number of aromatic nitrogens is 1. The lowest BCUT2D eigenvalue weighted by Gasteiger charge is -1.92. The molecule has 0 unspecified atom stereocenters. The summed E-state index contributed by atoms with van der Waals surface area (Å²) < 4.78 is 12.2. The summed E-state index contributed by atoms with van der Waals surface area (Å²) in [6, 6.07) is 3.04. The van der Waals surface area contributed by atoms with Gasteiger partial charge in [-0.25, -0.2) is 4.98 Å². The van der Waals surface area contributed by atoms with Crippen LogP contribution in [0.5, 0.6) is 0 Å². The van der Waals surface area contributed by atoms with Crippen LogP contribution in [-0.2, 0) is 6.42 Å². The van der Waals surface area contributed by atoms with E-state index in [1.807, 2.05) is 0 Å². The van der Waals surface area contributed by atoms with Gasteiger partial charge in [-0.1, -0.05) is 12.1 Å². The maximum absolute atomic E-state index is 12.2. The van der Waals surface area contributed by atoms with E-state index in [9.17, 15) is 4.39 Å². The van der Waals surface area contributed by atoms with Crippen LogP contribution in [0.25, 0.3) is 0 Å². The molecule has 0 aromatic carbocycles. The molecule has 52 valence electrons. The first-order valence-electron chi connectivity index (χ1n) is 3.04. The maximum Gasteiger partial charge on any atom is 0.212 e. The van der Waals surface area contributed by atoms with E-state index in [1.54, 1.807) is 12.1 Å². The van der Waals surface area contributed by atoms with Gasteiger partial charge in [-0.05, 0) is 18.1 Å². The van der Waals surface area contributed by atoms with Gasteiger partial charge >= 0.3 is 0 Å². The van der Waals surface area contributed by atoms with Crippen molar-refractivity contribution in [3.05, 3.63) is 42.5 Å². The van der Waals surface area contributed by atoms with E-state index >= 15 is 0 Å². The molecule has 0 atom stereocenters. The van der Waals surface area contributed by atoms with E-state index in [0.29, 0.717) is 0 Å². The standard InChI is InChI=1S/C8H8FN/c1-2-3-7-4-5-8(9)10-6-7/h2,4-6H,1,3H2. The Balaban J connectivity index is 2.78. The summed E-state index contributed by atoms with van der Waals surface area (Å²) in [4.78, 5) is 3.48. The van der Waals surface area contributed by atoms with Crippen molar-refractivity contribution in [2.45, 2.75) is 6.42 Å². The molecule has 0 aliphatic heterocycles. The highest BCUT2D eigenvalue weighted by molar-refractivity contribution is 5.11. The molecule has 2 heteroatoms. The molecule has 0 aliphatic rings. The normalized spacial score (nSPS) is 9.30. The zero-order valence-corrected chi connectivity index (χ0v) is 5.55. The van der Waals surface area contributed by atoms with Crippen LogP contribution in [0, 0.1) is 5.95 Å². The second-order valence-corrected chi connectivity index (χ2v) is 1.98. The fourth-order valence-electron chi connectivity index (χ4n) is 0.694. The van der Waals surface area contributed by atoms with Gasteiger partial charge in [0.2, 0.25) is 5.95 Å². The molecular weight excluding hydrogens is 129 g/mol. The molecule has 1 heterocycles. The zero-order chi connectivity index (χ0) is 7.40. The van der Waals surface area contributed by atoms with Gasteiger partial charge in [0.05, 0.1) is 0 Å². The van der Waals surface area contributed by atoms with Crippen molar-refractivity contribution in [2.75, 3.05) is 0 Å². The van der Waals surface area contributed by atoms with Crippen LogP contribution in [0.15, 0.2) is 31.0 Å². The first-order valence-corrected chi connectivity index (χ1v) is 3.04. The number of rotatable bonds is 2. The molecule has 10 heavy (non-hydrogen) atoms. The Labute approximate surface area is 59.2 Å². The van der Waals surface area contributed by atoms with Gasteiger partial charge in [-0.2, -0.15) is 4.39 Å². The van der Waals surface area contributed by atoms with Crippen molar-refractivity contribution in [3.63, 3.8) is 0 Å². The molecule has 1 aromatic rings. The fourth-order valence-corrected chi connectivity index (χ4v) is 0.694. The van der Waals surface area contributed by atoms with Crippen molar-refractivity contribution < 1.29 is 4.39 Å². The third-order valence-corrected chi connectivity index (χ3v) is 1.17. The van der Waals surface area contributed by atoms with Gasteiger partial charge in [0.15, 0.2) is 0 Å². The largest absolute Gasteiger partial charge is 0.228 e. The summed E-state index contributed by atoms with van der Waals surface area (Å²) in [5.41, 5.74) is 0.983. The van der Waals surface area contributed by atoms with Crippen molar-refractivity contribution >= 4 is 0 Å². The van der Waals surface area contributed by atoms with E-state index in [4.69, 9.17) is 0 Å². The summed E-state index contributed by atoms with van der Waals surface area (Å²) in [6.45, 7) is 3.56. The third kappa shape index (κ3) is 1.65. The molecule has 1 aromatic heterocycles. The van der Waals surface area contributed by atoms with Crippen molar-refractivity contribution in [2.24, 2.45) is 0 Å². The molecule has 0 saturated carbocycles. The highest BCUT2D eigenvalue weighted by Gasteiger charge is 1.90. The predicted molar refractivity (Wildman–Crippen MR) is 38.1 cm³/mol. The molecule has 0 amide bonds. The summed E-state index contributed by atoms with van der Waals surface area (Å²) in [5.74, 6) is -0.437. The number of hydrogen-bond acceptors (Lipinski definition) is 1. The SMILES string of the molecule is C=CCc1ccc(F)nc1. The summed E-state index contributed by atoms with van der Waals surface area (Å²) in [7, 11) is 0. The van der Waals surface area contributed by atoms with Crippen LogP contribution in [0.4, 0.5) is 4.39 Å². The molecule has 1 rings (SSSR count). The number of pyridine rings is 1. The van der Waals surface area contributed by atoms with Gasteiger partial charge in [-0.15, -0.1) is 6.58 Å². The van der Waals surface area contributed by atoms with Crippen LogP contribution < -0.4 is 0 Å². The van der Waals surface area contributed by atoms with E-state index in [-0.39, 0.29) is 0 Å². The Hall–Kier alpha value is -1.18. The zero-order valence-electron chi connectivity index (χ0n) is 5.55. The lowest BCUT2D eigenvalue weighted by Crippen LogP contribution is -1.85. The van der Waals surface area contributed by atoms with E-state index in [0.717, 1.165) is 12.0 Å². The van der Waals surface area contributed by atoms with Crippen molar-refractivity contribution in [1.82, 2.24) is 4.98 Å². The van der Waals surface area contributed by atoms with Crippen LogP contribution in [0.2, 0.25) is 0 Å². The average Bonchev–Trinajstić information content (AvgIpc) is 1.95. The number of hydrogen-bond donors (Lipinski definition) is 0. The maximum atomic E-state index is 12.2. The monoisotopic (exact) mass is 137 g/mol. The predicted octanol–water partition coefficient (Wildman–Crippen LogP) is 1.95. The Kier molecular flexibility index (Phi) is 2.15. The number of halogens is 1. The molecule has 0 radical (unpaired) electrons. The number of allylic oxidation sites excluding steroid dienone is 1. The topological polar surface area (TPSA) is 12.9 Å². The lowest BCUT2D eigenvalue weighted by molar-refractivity contribution is 0.582. The number of nitrogens with zero attached hydrogens (tertiary/aromatic N) is 1. The Bertz CT molecular complexity index is 215. The average molecular weight is 137 g/mol. The van der Waals surface area contributed by atoms with Gasteiger partial charge in [0.1, 0.15) is 0 Å². The molecule has 0 spiro atoms. The molecular formula is C8H8FN. The lowest BCUT2D eigenvalue weighted by atomic mass is 10.2. The van der Waals surface area contributed by atoms with Crippen LogP contribution in [-0.4, -0.2) is 4.98 Å². The fraction of sp³-hybridized carbons (Fsp3) is 0.125. The molecule has 0 fully saturated rings. The quantitative estimate of drug-likeness (QED) is 0.448. The van der Waals surface area contributed by atoms with Crippen LogP contribution in [0.3, 0.4) is 0 Å². The molecule has 0 N–H and O–H groups in total. The Morgan fingerprint density at radius 1 is 1.60 bits per heavy atom. The van der Waals surface area contributed by atoms with Gasteiger partial charge in [-0.3, -0.25) is 0 Å². The highest BCUT2D eigenvalue weighted by atomic mass is 19.1. The minimum atomic E-state index is -0.437. The summed E-state index contributed by atoms with van der Waals surface area (Å²) >= 11 is 0. The van der Waals surface area contributed by atoms with Crippen molar-refractivity contribution in [1.29, 1.82) is 0 Å². The first kappa shape index (κ1) is 6.93. The third-order valence-electron chi connectivity index (χ3n) is 1.17. The smallest absolute Gasteiger partial charge is 0.212 e. The van der Waals surface area contributed by atoms with Crippen LogP contribution in [0.1, 0.15) is 5.56 Å². The second kappa shape index (κ2) is 3.11. The molecule has 0 aliphatic carbocycles. The van der Waals surface area contributed by atoms with Gasteiger partial charge in [0, 0.05) is 6.20 Å². The summed E-state index contributed by atoms with van der Waals surface area (Å²) in [5, 5.41) is 0. The van der Waals surface area contributed by atoms with Crippen LogP contribution >= 0.6 is 0 Å². The van der Waals surface area contributed by atoms with Crippen molar-refractivity contribution in [3.8, 4) is 0 Å². The minimum Gasteiger partial charge on any atom is -0.228 e. The Morgan fingerprint density at radius 2 is 2.40 bits per heavy atom. The molecule has 0 saturated heterocycles. The van der Waals surface area contributed by atoms with Gasteiger partial charge in [0.25, 0.3) is 0 Å². The molecule has 0 bridgehead atoms.